The molecule has 0 unspecified atom stereocenters. The Morgan fingerprint density at radius 2 is 1.31 bits per heavy atom. The Morgan fingerprint density at radius 1 is 0.750 bits per heavy atom. The van der Waals surface area contributed by atoms with Crippen molar-refractivity contribution in [3.63, 3.8) is 0 Å². The van der Waals surface area contributed by atoms with Crippen LogP contribution < -0.4 is 22.3 Å². The summed E-state index contributed by atoms with van der Waals surface area (Å²) in [6, 6.07) is 21.1. The van der Waals surface area contributed by atoms with Crippen LogP contribution in [-0.4, -0.2) is 6.54 Å². The van der Waals surface area contributed by atoms with Gasteiger partial charge in [-0.15, -0.1) is 0 Å². The predicted octanol–water partition coefficient (Wildman–Crippen LogP) is -0.872. The van der Waals surface area contributed by atoms with Crippen LogP contribution in [0, 0.1) is 0 Å². The average Bonchev–Trinajstić information content (AvgIpc) is 2.32. The van der Waals surface area contributed by atoms with Crippen LogP contribution in [0.3, 0.4) is 0 Å². The number of benzene rings is 2. The Morgan fingerprint density at radius 3 is 1.94 bits per heavy atom. The smallest absolute Gasteiger partial charge is 0.129 e. The molecule has 0 amide bonds. The molecule has 0 aromatic heterocycles. The second-order valence-corrected chi connectivity index (χ2v) is 3.64. The third kappa shape index (κ3) is 4.17. The van der Waals surface area contributed by atoms with Crippen LogP contribution in [0.5, 0.6) is 0 Å². The Labute approximate surface area is 107 Å². The predicted molar refractivity (Wildman–Crippen MR) is 63.0 cm³/mol. The summed E-state index contributed by atoms with van der Waals surface area (Å²) in [6.07, 6.45) is 1.12. The van der Waals surface area contributed by atoms with E-state index in [1.54, 1.807) is 0 Å². The van der Waals surface area contributed by atoms with E-state index in [2.05, 4.69) is 66.0 Å². The first-order valence-corrected chi connectivity index (χ1v) is 5.37. The molecule has 2 N–H and O–H groups in total. The lowest BCUT2D eigenvalue weighted by atomic mass is 10.1. The molecular formula is C14H16BrN. The van der Waals surface area contributed by atoms with E-state index in [-0.39, 0.29) is 17.0 Å². The zero-order chi connectivity index (χ0) is 10.3. The van der Waals surface area contributed by atoms with Crippen LogP contribution in [-0.2, 0) is 6.42 Å². The van der Waals surface area contributed by atoms with E-state index in [0.29, 0.717) is 0 Å². The van der Waals surface area contributed by atoms with Crippen LogP contribution in [0.2, 0.25) is 0 Å². The normalized spacial score (nSPS) is 9.50. The van der Waals surface area contributed by atoms with Crippen molar-refractivity contribution in [1.29, 1.82) is 0 Å². The average molecular weight is 278 g/mol. The van der Waals surface area contributed by atoms with Crippen molar-refractivity contribution < 1.29 is 22.3 Å². The molecule has 2 aromatic rings. The fourth-order valence-corrected chi connectivity index (χ4v) is 1.64. The maximum absolute atomic E-state index is 2.28. The summed E-state index contributed by atoms with van der Waals surface area (Å²) >= 11 is 0. The first-order valence-electron chi connectivity index (χ1n) is 5.37. The molecule has 0 heterocycles. The van der Waals surface area contributed by atoms with Gasteiger partial charge in [-0.2, -0.15) is 0 Å². The van der Waals surface area contributed by atoms with Crippen molar-refractivity contribution in [2.75, 3.05) is 6.54 Å². The Bertz CT molecular complexity index is 346. The van der Waals surface area contributed by atoms with Crippen LogP contribution in [0.4, 0.5) is 5.69 Å². The molecule has 2 aromatic carbocycles. The topological polar surface area (TPSA) is 16.6 Å². The highest BCUT2D eigenvalue weighted by atomic mass is 79.9. The van der Waals surface area contributed by atoms with E-state index in [0.717, 1.165) is 13.0 Å². The third-order valence-corrected chi connectivity index (χ3v) is 2.46. The Kier molecular flexibility index (Phi) is 5.83. The molecule has 0 fully saturated rings. The third-order valence-electron chi connectivity index (χ3n) is 2.46. The summed E-state index contributed by atoms with van der Waals surface area (Å²) in [4.78, 5) is 0. The van der Waals surface area contributed by atoms with Crippen molar-refractivity contribution in [3.05, 3.63) is 66.2 Å². The summed E-state index contributed by atoms with van der Waals surface area (Å²) in [5, 5.41) is 2.28. The highest BCUT2D eigenvalue weighted by Gasteiger charge is 1.95. The van der Waals surface area contributed by atoms with Crippen molar-refractivity contribution in [2.24, 2.45) is 0 Å². The van der Waals surface area contributed by atoms with Gasteiger partial charge in [0.2, 0.25) is 0 Å². The molecule has 0 aliphatic heterocycles. The monoisotopic (exact) mass is 277 g/mol. The van der Waals surface area contributed by atoms with Crippen molar-refractivity contribution in [1.82, 2.24) is 0 Å². The highest BCUT2D eigenvalue weighted by Crippen LogP contribution is 1.99. The van der Waals surface area contributed by atoms with Crippen LogP contribution >= 0.6 is 0 Å². The summed E-state index contributed by atoms with van der Waals surface area (Å²) in [5.74, 6) is 0. The van der Waals surface area contributed by atoms with Gasteiger partial charge in [-0.3, -0.25) is 0 Å². The van der Waals surface area contributed by atoms with Gasteiger partial charge in [0.25, 0.3) is 0 Å². The lowest BCUT2D eigenvalue weighted by Gasteiger charge is -2.00. The van der Waals surface area contributed by atoms with Gasteiger partial charge >= 0.3 is 0 Å². The fraction of sp³-hybridized carbons (Fsp3) is 0.143. The molecule has 0 saturated carbocycles. The minimum atomic E-state index is 0. The van der Waals surface area contributed by atoms with Crippen molar-refractivity contribution in [2.45, 2.75) is 6.42 Å². The maximum Gasteiger partial charge on any atom is 0.129 e. The molecule has 16 heavy (non-hydrogen) atoms. The van der Waals surface area contributed by atoms with E-state index in [1.807, 2.05) is 0 Å². The fourth-order valence-electron chi connectivity index (χ4n) is 1.64. The molecule has 0 saturated heterocycles. The van der Waals surface area contributed by atoms with Crippen LogP contribution in [0.1, 0.15) is 5.56 Å². The number of para-hydroxylation sites is 1. The molecule has 0 spiro atoms. The zero-order valence-corrected chi connectivity index (χ0v) is 10.7. The van der Waals surface area contributed by atoms with E-state index in [1.165, 1.54) is 11.3 Å². The molecule has 1 nitrogen and oxygen atoms in total. The van der Waals surface area contributed by atoms with Gasteiger partial charge in [0.05, 0.1) is 6.54 Å². The van der Waals surface area contributed by atoms with Gasteiger partial charge in [-0.1, -0.05) is 48.5 Å². The zero-order valence-electron chi connectivity index (χ0n) is 9.14. The first kappa shape index (κ1) is 12.9. The van der Waals surface area contributed by atoms with Crippen LogP contribution in [0.25, 0.3) is 0 Å². The number of halogens is 1. The molecule has 0 aliphatic rings. The van der Waals surface area contributed by atoms with E-state index in [9.17, 15) is 0 Å². The van der Waals surface area contributed by atoms with Gasteiger partial charge in [-0.05, 0) is 17.7 Å². The van der Waals surface area contributed by atoms with Crippen molar-refractivity contribution >= 4 is 5.69 Å². The van der Waals surface area contributed by atoms with Crippen molar-refractivity contribution in [3.8, 4) is 0 Å². The molecule has 0 aliphatic carbocycles. The molecule has 2 rings (SSSR count). The molecular weight excluding hydrogens is 262 g/mol. The first-order chi connectivity index (χ1) is 7.45. The largest absolute Gasteiger partial charge is 1.00 e. The van der Waals surface area contributed by atoms with E-state index in [4.69, 9.17) is 0 Å². The Hall–Kier alpha value is -1.12. The summed E-state index contributed by atoms with van der Waals surface area (Å²) in [7, 11) is 0. The van der Waals surface area contributed by atoms with Gasteiger partial charge < -0.3 is 22.3 Å². The number of quaternary nitrogens is 1. The van der Waals surface area contributed by atoms with Gasteiger partial charge in [0, 0.05) is 6.42 Å². The molecule has 0 bridgehead atoms. The molecule has 84 valence electrons. The van der Waals surface area contributed by atoms with Gasteiger partial charge in [0.15, 0.2) is 0 Å². The standard InChI is InChI=1S/C14H15N.BrH/c1-3-7-13(8-4-1)11-12-15-14-9-5-2-6-10-14;/h1-10,15H,11-12H2;1H. The summed E-state index contributed by atoms with van der Waals surface area (Å²) in [6.45, 7) is 1.11. The highest BCUT2D eigenvalue weighted by molar-refractivity contribution is 5.26. The molecule has 0 radical (unpaired) electrons. The lowest BCUT2D eigenvalue weighted by molar-refractivity contribution is -0.570. The molecule has 0 atom stereocenters. The van der Waals surface area contributed by atoms with E-state index >= 15 is 0 Å². The number of hydrogen-bond acceptors (Lipinski definition) is 0. The maximum atomic E-state index is 2.28. The minimum absolute atomic E-state index is 0. The number of rotatable bonds is 4. The number of hydrogen-bond donors (Lipinski definition) is 1. The summed E-state index contributed by atoms with van der Waals surface area (Å²) in [5.41, 5.74) is 2.72. The second-order valence-electron chi connectivity index (χ2n) is 3.64. The number of nitrogens with two attached hydrogens (primary N) is 1. The van der Waals surface area contributed by atoms with Gasteiger partial charge in [0.1, 0.15) is 5.69 Å². The lowest BCUT2D eigenvalue weighted by Crippen LogP contribution is -3.00. The van der Waals surface area contributed by atoms with Gasteiger partial charge in [-0.25, -0.2) is 0 Å². The Balaban J connectivity index is 0.00000128. The quantitative estimate of drug-likeness (QED) is 0.700. The minimum Gasteiger partial charge on any atom is -1.00 e. The summed E-state index contributed by atoms with van der Waals surface area (Å²) < 4.78 is 0. The second kappa shape index (κ2) is 7.20. The SMILES string of the molecule is [Br-].c1ccc(CC[NH2+]c2ccccc2)cc1. The van der Waals surface area contributed by atoms with Crippen LogP contribution in [0.15, 0.2) is 60.7 Å². The van der Waals surface area contributed by atoms with E-state index < -0.39 is 0 Å². The molecule has 2 heteroatoms.